The first-order valence-corrected chi connectivity index (χ1v) is 11.6. The van der Waals surface area contributed by atoms with Gasteiger partial charge in [-0.25, -0.2) is 0 Å². The zero-order valence-electron chi connectivity index (χ0n) is 18.8. The maximum Gasteiger partial charge on any atom is 0.0594 e. The molecule has 0 amide bonds. The van der Waals surface area contributed by atoms with Crippen molar-refractivity contribution in [2.75, 3.05) is 45.9 Å². The second-order valence-corrected chi connectivity index (χ2v) is 8.93. The summed E-state index contributed by atoms with van der Waals surface area (Å²) in [5.74, 6) is 0.839. The van der Waals surface area contributed by atoms with E-state index in [2.05, 4.69) is 49.2 Å². The molecule has 1 saturated heterocycles. The van der Waals surface area contributed by atoms with Gasteiger partial charge < -0.3 is 10.1 Å². The van der Waals surface area contributed by atoms with Gasteiger partial charge in [0.15, 0.2) is 0 Å². The van der Waals surface area contributed by atoms with Crippen LogP contribution in [0.4, 0.5) is 0 Å². The molecule has 1 aliphatic carbocycles. The first kappa shape index (κ1) is 23.4. The second kappa shape index (κ2) is 14.1. The van der Waals surface area contributed by atoms with Gasteiger partial charge in [-0.3, -0.25) is 4.90 Å². The Hall–Kier alpha value is -0.900. The number of morpholine rings is 1. The maximum atomic E-state index is 5.41. The van der Waals surface area contributed by atoms with Crippen LogP contribution in [0.2, 0.25) is 0 Å². The van der Waals surface area contributed by atoms with Crippen molar-refractivity contribution in [3.05, 3.63) is 34.9 Å². The van der Waals surface area contributed by atoms with Crippen LogP contribution < -0.4 is 5.32 Å². The van der Waals surface area contributed by atoms with Gasteiger partial charge >= 0.3 is 0 Å². The zero-order chi connectivity index (χ0) is 20.0. The molecule has 0 aromatic carbocycles. The molecule has 1 aliphatic heterocycles. The van der Waals surface area contributed by atoms with Crippen molar-refractivity contribution >= 4 is 0 Å². The lowest BCUT2D eigenvalue weighted by Gasteiger charge is -2.27. The van der Waals surface area contributed by atoms with Crippen molar-refractivity contribution in [3.63, 3.8) is 0 Å². The average Bonchev–Trinajstić information content (AvgIpc) is 2.68. The molecule has 0 bridgehead atoms. The van der Waals surface area contributed by atoms with Gasteiger partial charge in [0.25, 0.3) is 0 Å². The number of allylic oxidation sites excluding steroid dienone is 6. The molecule has 3 nitrogen and oxygen atoms in total. The summed E-state index contributed by atoms with van der Waals surface area (Å²) in [6, 6.07) is 0. The number of hydrogen-bond acceptors (Lipinski definition) is 3. The molecule has 3 heteroatoms. The highest BCUT2D eigenvalue weighted by Gasteiger charge is 2.15. The van der Waals surface area contributed by atoms with Gasteiger partial charge in [0, 0.05) is 13.1 Å². The highest BCUT2D eigenvalue weighted by molar-refractivity contribution is 5.10. The van der Waals surface area contributed by atoms with Crippen LogP contribution in [0.25, 0.3) is 0 Å². The molecule has 0 saturated carbocycles. The molecular formula is C25H44N2O. The quantitative estimate of drug-likeness (QED) is 0.353. The monoisotopic (exact) mass is 388 g/mol. The largest absolute Gasteiger partial charge is 0.379 e. The fourth-order valence-corrected chi connectivity index (χ4v) is 4.21. The minimum atomic E-state index is 0.839. The molecule has 0 aromatic rings. The van der Waals surface area contributed by atoms with Gasteiger partial charge in [-0.15, -0.1) is 0 Å². The van der Waals surface area contributed by atoms with E-state index in [1.807, 2.05) is 0 Å². The molecule has 0 spiro atoms. The molecular weight excluding hydrogens is 344 g/mol. The Bertz CT molecular complexity index is 511. The van der Waals surface area contributed by atoms with E-state index in [4.69, 9.17) is 4.74 Å². The summed E-state index contributed by atoms with van der Waals surface area (Å²) in [5.41, 5.74) is 4.67. The van der Waals surface area contributed by atoms with Gasteiger partial charge in [-0.1, -0.05) is 34.9 Å². The Balaban J connectivity index is 1.53. The molecule has 0 aromatic heterocycles. The van der Waals surface area contributed by atoms with Crippen molar-refractivity contribution in [1.82, 2.24) is 10.2 Å². The van der Waals surface area contributed by atoms with Gasteiger partial charge in [0.2, 0.25) is 0 Å². The van der Waals surface area contributed by atoms with Crippen LogP contribution in [0.5, 0.6) is 0 Å². The summed E-state index contributed by atoms with van der Waals surface area (Å²) >= 11 is 0. The van der Waals surface area contributed by atoms with Crippen molar-refractivity contribution in [2.45, 2.75) is 72.1 Å². The van der Waals surface area contributed by atoms with Crippen LogP contribution in [-0.4, -0.2) is 50.8 Å². The zero-order valence-corrected chi connectivity index (χ0v) is 18.8. The van der Waals surface area contributed by atoms with E-state index in [0.29, 0.717) is 0 Å². The van der Waals surface area contributed by atoms with E-state index in [9.17, 15) is 0 Å². The lowest BCUT2D eigenvalue weighted by Crippen LogP contribution is -2.38. The molecule has 0 radical (unpaired) electrons. The third-order valence-corrected chi connectivity index (χ3v) is 5.97. The van der Waals surface area contributed by atoms with Crippen molar-refractivity contribution in [1.29, 1.82) is 0 Å². The van der Waals surface area contributed by atoms with E-state index in [0.717, 1.165) is 38.8 Å². The second-order valence-electron chi connectivity index (χ2n) is 8.93. The molecule has 28 heavy (non-hydrogen) atoms. The SMILES string of the molecule is CC(C)=CCC/C(C)=C/CCC1=CCCC(CNCCCN2CCOCC2)C1. The Morgan fingerprint density at radius 2 is 2.00 bits per heavy atom. The maximum absolute atomic E-state index is 5.41. The van der Waals surface area contributed by atoms with Gasteiger partial charge in [-0.05, 0) is 97.7 Å². The number of hydrogen-bond donors (Lipinski definition) is 1. The topological polar surface area (TPSA) is 24.5 Å². The summed E-state index contributed by atoms with van der Waals surface area (Å²) in [6.07, 6.45) is 17.4. The molecule has 1 unspecified atom stereocenters. The Labute approximate surface area is 174 Å². The molecule has 1 N–H and O–H groups in total. The Morgan fingerprint density at radius 3 is 2.79 bits per heavy atom. The molecule has 1 fully saturated rings. The van der Waals surface area contributed by atoms with Crippen molar-refractivity contribution < 1.29 is 4.74 Å². The van der Waals surface area contributed by atoms with Crippen LogP contribution in [0.1, 0.15) is 72.1 Å². The number of ether oxygens (including phenoxy) is 1. The van der Waals surface area contributed by atoms with Crippen LogP contribution in [-0.2, 0) is 4.74 Å². The predicted molar refractivity (Wildman–Crippen MR) is 122 cm³/mol. The average molecular weight is 389 g/mol. The lowest BCUT2D eigenvalue weighted by atomic mass is 9.86. The first-order chi connectivity index (χ1) is 13.6. The molecule has 160 valence electrons. The lowest BCUT2D eigenvalue weighted by molar-refractivity contribution is 0.0374. The molecule has 2 rings (SSSR count). The predicted octanol–water partition coefficient (Wildman–Crippen LogP) is 5.50. The van der Waals surface area contributed by atoms with Crippen molar-refractivity contribution in [3.8, 4) is 0 Å². The van der Waals surface area contributed by atoms with Crippen LogP contribution >= 0.6 is 0 Å². The van der Waals surface area contributed by atoms with E-state index >= 15 is 0 Å². The summed E-state index contributed by atoms with van der Waals surface area (Å²) in [4.78, 5) is 2.53. The number of rotatable bonds is 12. The molecule has 1 heterocycles. The van der Waals surface area contributed by atoms with Crippen LogP contribution in [0.15, 0.2) is 34.9 Å². The minimum absolute atomic E-state index is 0.839. The van der Waals surface area contributed by atoms with E-state index in [-0.39, 0.29) is 0 Å². The van der Waals surface area contributed by atoms with Gasteiger partial charge in [0.05, 0.1) is 13.2 Å². The summed E-state index contributed by atoms with van der Waals surface area (Å²) in [7, 11) is 0. The third kappa shape index (κ3) is 10.6. The van der Waals surface area contributed by atoms with E-state index in [1.165, 1.54) is 70.0 Å². The highest BCUT2D eigenvalue weighted by Crippen LogP contribution is 2.27. The minimum Gasteiger partial charge on any atom is -0.379 e. The Kier molecular flexibility index (Phi) is 11.8. The normalized spacial score (nSPS) is 21.5. The smallest absolute Gasteiger partial charge is 0.0594 e. The highest BCUT2D eigenvalue weighted by atomic mass is 16.5. The fraction of sp³-hybridized carbons (Fsp3) is 0.760. The van der Waals surface area contributed by atoms with Gasteiger partial charge in [-0.2, -0.15) is 0 Å². The molecule has 1 atom stereocenters. The van der Waals surface area contributed by atoms with Crippen molar-refractivity contribution in [2.24, 2.45) is 5.92 Å². The molecule has 2 aliphatic rings. The van der Waals surface area contributed by atoms with E-state index in [1.54, 1.807) is 11.1 Å². The standard InChI is InChI=1S/C25H44N2O/c1-22(2)8-4-9-23(3)10-5-11-24-12-6-13-25(20-24)21-26-14-7-15-27-16-18-28-19-17-27/h8,10,12,25-26H,4-7,9,11,13-21H2,1-3H3/b23-10+. The van der Waals surface area contributed by atoms with Crippen LogP contribution in [0, 0.1) is 5.92 Å². The summed E-state index contributed by atoms with van der Waals surface area (Å²) in [6.45, 7) is 14.3. The summed E-state index contributed by atoms with van der Waals surface area (Å²) in [5, 5.41) is 3.72. The summed E-state index contributed by atoms with van der Waals surface area (Å²) < 4.78 is 5.41. The van der Waals surface area contributed by atoms with E-state index < -0.39 is 0 Å². The number of nitrogens with zero attached hydrogens (tertiary/aromatic N) is 1. The fourth-order valence-electron chi connectivity index (χ4n) is 4.21. The van der Waals surface area contributed by atoms with Crippen LogP contribution in [0.3, 0.4) is 0 Å². The third-order valence-electron chi connectivity index (χ3n) is 5.97. The Morgan fingerprint density at radius 1 is 1.18 bits per heavy atom. The number of nitrogens with one attached hydrogen (secondary N) is 1. The van der Waals surface area contributed by atoms with Gasteiger partial charge in [0.1, 0.15) is 0 Å². The first-order valence-electron chi connectivity index (χ1n) is 11.6.